The van der Waals surface area contributed by atoms with E-state index in [9.17, 15) is 0 Å². The van der Waals surface area contributed by atoms with Gasteiger partial charge in [-0.15, -0.1) is 0 Å². The van der Waals surface area contributed by atoms with Crippen LogP contribution in [0.5, 0.6) is 17.2 Å². The van der Waals surface area contributed by atoms with E-state index in [1.54, 1.807) is 7.11 Å². The predicted molar refractivity (Wildman–Crippen MR) is 64.9 cm³/mol. The van der Waals surface area contributed by atoms with Crippen molar-refractivity contribution in [3.63, 3.8) is 0 Å². The molecule has 0 atom stereocenters. The van der Waals surface area contributed by atoms with E-state index < -0.39 is 0 Å². The predicted octanol–water partition coefficient (Wildman–Crippen LogP) is 2.16. The van der Waals surface area contributed by atoms with Crippen molar-refractivity contribution < 1.29 is 14.2 Å². The number of fused-ring (bicyclic) bond motifs is 1. The maximum atomic E-state index is 5.44. The van der Waals surface area contributed by atoms with Crippen LogP contribution >= 0.6 is 15.9 Å². The lowest BCUT2D eigenvalue weighted by molar-refractivity contribution is 0.173. The summed E-state index contributed by atoms with van der Waals surface area (Å²) in [6.45, 7) is 0.698. The molecule has 0 saturated carbocycles. The van der Waals surface area contributed by atoms with Crippen LogP contribution in [-0.4, -0.2) is 20.4 Å². The van der Waals surface area contributed by atoms with Gasteiger partial charge in [0.1, 0.15) is 5.75 Å². The van der Waals surface area contributed by atoms with Crippen LogP contribution < -0.4 is 19.9 Å². The van der Waals surface area contributed by atoms with E-state index in [0.717, 1.165) is 10.0 Å². The molecule has 2 N–H and O–H groups in total. The molecule has 0 fully saturated rings. The number of hydrogen-bond donors (Lipinski definition) is 1. The molecule has 5 heteroatoms. The fraction of sp³-hybridized carbons (Fsp3) is 0.273. The number of halogens is 1. The first-order chi connectivity index (χ1) is 7.77. The molecule has 0 radical (unpaired) electrons. The Bertz CT molecular complexity index is 428. The molecule has 1 aromatic carbocycles. The highest BCUT2D eigenvalue weighted by Gasteiger charge is 2.22. The lowest BCUT2D eigenvalue weighted by atomic mass is 10.1. The van der Waals surface area contributed by atoms with E-state index >= 15 is 0 Å². The smallest absolute Gasteiger partial charge is 0.231 e. The number of methoxy groups -OCH3 is 1. The van der Waals surface area contributed by atoms with Crippen molar-refractivity contribution in [3.05, 3.63) is 22.2 Å². The monoisotopic (exact) mass is 285 g/mol. The minimum Gasteiger partial charge on any atom is -0.495 e. The van der Waals surface area contributed by atoms with Gasteiger partial charge in [0, 0.05) is 12.6 Å². The molecule has 86 valence electrons. The summed E-state index contributed by atoms with van der Waals surface area (Å²) >= 11 is 3.43. The van der Waals surface area contributed by atoms with Crippen LogP contribution in [0.1, 0.15) is 5.56 Å². The molecular formula is C11H12BrNO3. The molecule has 0 unspecified atom stereocenters. The molecule has 1 aliphatic heterocycles. The Labute approximate surface area is 102 Å². The molecule has 16 heavy (non-hydrogen) atoms. The van der Waals surface area contributed by atoms with Crippen LogP contribution in [0.15, 0.2) is 16.6 Å². The van der Waals surface area contributed by atoms with Crippen LogP contribution in [0.4, 0.5) is 0 Å². The largest absolute Gasteiger partial charge is 0.495 e. The summed E-state index contributed by atoms with van der Waals surface area (Å²) < 4.78 is 16.9. The van der Waals surface area contributed by atoms with Crippen molar-refractivity contribution in [2.24, 2.45) is 5.73 Å². The van der Waals surface area contributed by atoms with Crippen LogP contribution in [-0.2, 0) is 0 Å². The third-order valence-corrected chi connectivity index (χ3v) is 2.82. The van der Waals surface area contributed by atoms with Gasteiger partial charge in [0.25, 0.3) is 0 Å². The first-order valence-corrected chi connectivity index (χ1v) is 5.60. The first kappa shape index (κ1) is 11.3. The van der Waals surface area contributed by atoms with E-state index in [0.29, 0.717) is 23.8 Å². The Morgan fingerprint density at radius 2 is 2.38 bits per heavy atom. The number of benzene rings is 1. The van der Waals surface area contributed by atoms with Crippen LogP contribution in [0, 0.1) is 0 Å². The van der Waals surface area contributed by atoms with Crippen LogP contribution in [0.25, 0.3) is 6.08 Å². The third-order valence-electron chi connectivity index (χ3n) is 2.23. The minimum atomic E-state index is 0.235. The molecule has 1 aliphatic rings. The number of hydrogen-bond acceptors (Lipinski definition) is 4. The SMILES string of the molecule is COc1c(Br)cc2c(c1/C=C/CN)OCO2. The fourth-order valence-corrected chi connectivity index (χ4v) is 2.15. The van der Waals surface area contributed by atoms with Gasteiger partial charge in [-0.1, -0.05) is 12.2 Å². The van der Waals surface area contributed by atoms with Gasteiger partial charge < -0.3 is 19.9 Å². The minimum absolute atomic E-state index is 0.235. The highest BCUT2D eigenvalue weighted by Crippen LogP contribution is 2.45. The van der Waals surface area contributed by atoms with Crippen molar-refractivity contribution in [2.45, 2.75) is 0 Å². The zero-order chi connectivity index (χ0) is 11.5. The third kappa shape index (κ3) is 1.88. The maximum absolute atomic E-state index is 5.44. The molecule has 1 heterocycles. The summed E-state index contributed by atoms with van der Waals surface area (Å²) in [4.78, 5) is 0. The topological polar surface area (TPSA) is 53.7 Å². The van der Waals surface area contributed by atoms with Crippen molar-refractivity contribution in [1.82, 2.24) is 0 Å². The second-order valence-electron chi connectivity index (χ2n) is 3.18. The normalized spacial score (nSPS) is 13.4. The van der Waals surface area contributed by atoms with Gasteiger partial charge in [0.15, 0.2) is 11.5 Å². The summed E-state index contributed by atoms with van der Waals surface area (Å²) in [6.07, 6.45) is 3.71. The molecule has 0 saturated heterocycles. The van der Waals surface area contributed by atoms with Gasteiger partial charge in [0.2, 0.25) is 6.79 Å². The highest BCUT2D eigenvalue weighted by atomic mass is 79.9. The lowest BCUT2D eigenvalue weighted by Crippen LogP contribution is -1.95. The molecule has 0 bridgehead atoms. The molecule has 0 spiro atoms. The quantitative estimate of drug-likeness (QED) is 0.925. The second kappa shape index (κ2) is 4.76. The molecule has 2 rings (SSSR count). The second-order valence-corrected chi connectivity index (χ2v) is 4.03. The van der Waals surface area contributed by atoms with E-state index in [-0.39, 0.29) is 6.79 Å². The van der Waals surface area contributed by atoms with Crippen molar-refractivity contribution in [2.75, 3.05) is 20.4 Å². The summed E-state index contributed by atoms with van der Waals surface area (Å²) in [5.41, 5.74) is 6.28. The summed E-state index contributed by atoms with van der Waals surface area (Å²) in [5.74, 6) is 2.13. The van der Waals surface area contributed by atoms with Crippen LogP contribution in [0.2, 0.25) is 0 Å². The van der Waals surface area contributed by atoms with Gasteiger partial charge in [-0.05, 0) is 15.9 Å². The Morgan fingerprint density at radius 1 is 1.56 bits per heavy atom. The molecule has 0 aromatic heterocycles. The van der Waals surface area contributed by atoms with Crippen molar-refractivity contribution in [1.29, 1.82) is 0 Å². The summed E-state index contributed by atoms with van der Waals surface area (Å²) in [7, 11) is 1.61. The summed E-state index contributed by atoms with van der Waals surface area (Å²) in [5, 5.41) is 0. The maximum Gasteiger partial charge on any atom is 0.231 e. The molecule has 0 amide bonds. The lowest BCUT2D eigenvalue weighted by Gasteiger charge is -2.10. The van der Waals surface area contributed by atoms with Crippen molar-refractivity contribution >= 4 is 22.0 Å². The van der Waals surface area contributed by atoms with Gasteiger partial charge in [-0.2, -0.15) is 0 Å². The molecule has 1 aromatic rings. The van der Waals surface area contributed by atoms with Gasteiger partial charge in [-0.25, -0.2) is 0 Å². The van der Waals surface area contributed by atoms with E-state index in [1.165, 1.54) is 0 Å². The number of nitrogens with two attached hydrogens (primary N) is 1. The molecule has 0 aliphatic carbocycles. The van der Waals surface area contributed by atoms with Crippen LogP contribution in [0.3, 0.4) is 0 Å². The van der Waals surface area contributed by atoms with E-state index in [1.807, 2.05) is 18.2 Å². The average molecular weight is 286 g/mol. The van der Waals surface area contributed by atoms with E-state index in [2.05, 4.69) is 15.9 Å². The average Bonchev–Trinajstić information content (AvgIpc) is 2.72. The van der Waals surface area contributed by atoms with Gasteiger partial charge in [-0.3, -0.25) is 0 Å². The number of rotatable bonds is 3. The Hall–Kier alpha value is -1.20. The fourth-order valence-electron chi connectivity index (χ4n) is 1.56. The Balaban J connectivity index is 2.57. The zero-order valence-electron chi connectivity index (χ0n) is 8.83. The first-order valence-electron chi connectivity index (χ1n) is 4.80. The van der Waals surface area contributed by atoms with Gasteiger partial charge in [0.05, 0.1) is 17.1 Å². The Morgan fingerprint density at radius 3 is 3.06 bits per heavy atom. The van der Waals surface area contributed by atoms with Crippen molar-refractivity contribution in [3.8, 4) is 17.2 Å². The highest BCUT2D eigenvalue weighted by molar-refractivity contribution is 9.10. The molecular weight excluding hydrogens is 274 g/mol. The van der Waals surface area contributed by atoms with Gasteiger partial charge >= 0.3 is 0 Å². The Kier molecular flexibility index (Phi) is 3.36. The number of ether oxygens (including phenoxy) is 3. The van der Waals surface area contributed by atoms with E-state index in [4.69, 9.17) is 19.9 Å². The molecule has 4 nitrogen and oxygen atoms in total. The standard InChI is InChI=1S/C11H12BrNO3/c1-14-10-7(3-2-4-13)11-9(5-8(10)12)15-6-16-11/h2-3,5H,4,6,13H2,1H3/b3-2+. The zero-order valence-corrected chi connectivity index (χ0v) is 10.4. The summed E-state index contributed by atoms with van der Waals surface area (Å²) in [6, 6.07) is 1.83.